The van der Waals surface area contributed by atoms with Crippen molar-refractivity contribution in [3.05, 3.63) is 29.8 Å². The quantitative estimate of drug-likeness (QED) is 0.875. The number of carbonyl (C=O) groups is 1. The molecule has 1 atom stereocenters. The van der Waals surface area contributed by atoms with Crippen molar-refractivity contribution in [3.63, 3.8) is 0 Å². The van der Waals surface area contributed by atoms with E-state index in [0.29, 0.717) is 6.54 Å². The lowest BCUT2D eigenvalue weighted by Gasteiger charge is -2.36. The van der Waals surface area contributed by atoms with Gasteiger partial charge in [0.15, 0.2) is 0 Å². The van der Waals surface area contributed by atoms with Crippen molar-refractivity contribution in [2.45, 2.75) is 64.4 Å². The van der Waals surface area contributed by atoms with Crippen LogP contribution >= 0.6 is 0 Å². The van der Waals surface area contributed by atoms with Crippen molar-refractivity contribution in [1.29, 1.82) is 0 Å². The van der Waals surface area contributed by atoms with E-state index in [1.165, 1.54) is 0 Å². The summed E-state index contributed by atoms with van der Waals surface area (Å²) < 4.78 is 5.57. The molecule has 1 aromatic carbocycles. The van der Waals surface area contributed by atoms with Crippen LogP contribution in [0, 0.1) is 0 Å². The van der Waals surface area contributed by atoms with Gasteiger partial charge in [-0.15, -0.1) is 0 Å². The highest BCUT2D eigenvalue weighted by atomic mass is 16.6. The number of aromatic hydroxyl groups is 1. The number of benzene rings is 1. The van der Waals surface area contributed by atoms with E-state index >= 15 is 0 Å². The first-order chi connectivity index (χ1) is 10.8. The Labute approximate surface area is 139 Å². The predicted octanol–water partition coefficient (Wildman–Crippen LogP) is 4.46. The molecular weight excluding hydrogens is 290 g/mol. The minimum atomic E-state index is -0.483. The van der Waals surface area contributed by atoms with Gasteiger partial charge in [-0.2, -0.15) is 0 Å². The topological polar surface area (TPSA) is 49.8 Å². The number of ether oxygens (including phenoxy) is 1. The van der Waals surface area contributed by atoms with Crippen molar-refractivity contribution in [3.8, 4) is 5.75 Å². The van der Waals surface area contributed by atoms with E-state index in [9.17, 15) is 9.90 Å². The number of nitrogens with zero attached hydrogens (tertiary/aromatic N) is 1. The Hall–Kier alpha value is -1.71. The van der Waals surface area contributed by atoms with E-state index in [1.807, 2.05) is 37.8 Å². The molecule has 0 aromatic heterocycles. The molecule has 0 bridgehead atoms. The first-order valence-corrected chi connectivity index (χ1v) is 8.53. The summed E-state index contributed by atoms with van der Waals surface area (Å²) in [5.41, 5.74) is 0.505. The highest BCUT2D eigenvalue weighted by Crippen LogP contribution is 2.38. The van der Waals surface area contributed by atoms with Crippen molar-refractivity contribution in [2.24, 2.45) is 0 Å². The summed E-state index contributed by atoms with van der Waals surface area (Å²) in [6.45, 7) is 9.21. The van der Waals surface area contributed by atoms with Gasteiger partial charge in [0.2, 0.25) is 0 Å². The van der Waals surface area contributed by atoms with Crippen LogP contribution in [0.3, 0.4) is 0 Å². The van der Waals surface area contributed by atoms with Crippen molar-refractivity contribution in [2.75, 3.05) is 13.1 Å². The molecule has 1 aliphatic rings. The van der Waals surface area contributed by atoms with Gasteiger partial charge in [-0.25, -0.2) is 4.79 Å². The van der Waals surface area contributed by atoms with Crippen LogP contribution in [-0.2, 0) is 10.2 Å². The maximum atomic E-state index is 12.5. The number of carbonyl (C=O) groups excluding carboxylic acids is 1. The fourth-order valence-electron chi connectivity index (χ4n) is 3.34. The molecule has 1 unspecified atom stereocenters. The van der Waals surface area contributed by atoms with Gasteiger partial charge in [0.05, 0.1) is 0 Å². The SMILES string of the molecule is CCC1(c2cccc(O)c2)CCCCN(C(=O)OC(C)(C)C)C1. The average Bonchev–Trinajstić information content (AvgIpc) is 2.69. The van der Waals surface area contributed by atoms with Crippen LogP contribution in [0.1, 0.15) is 58.9 Å². The first-order valence-electron chi connectivity index (χ1n) is 8.53. The molecule has 4 nitrogen and oxygen atoms in total. The van der Waals surface area contributed by atoms with Crippen LogP contribution in [-0.4, -0.2) is 34.8 Å². The third kappa shape index (κ3) is 4.40. The fraction of sp³-hybridized carbons (Fsp3) is 0.632. The van der Waals surface area contributed by atoms with E-state index in [2.05, 4.69) is 13.0 Å². The van der Waals surface area contributed by atoms with Crippen LogP contribution in [0.15, 0.2) is 24.3 Å². The third-order valence-electron chi connectivity index (χ3n) is 4.61. The van der Waals surface area contributed by atoms with E-state index in [0.717, 1.165) is 37.8 Å². The molecule has 23 heavy (non-hydrogen) atoms. The van der Waals surface area contributed by atoms with E-state index in [4.69, 9.17) is 4.74 Å². The Morgan fingerprint density at radius 2 is 2.09 bits per heavy atom. The number of likely N-dealkylation sites (tertiary alicyclic amines) is 1. The lowest BCUT2D eigenvalue weighted by atomic mass is 9.74. The third-order valence-corrected chi connectivity index (χ3v) is 4.61. The maximum absolute atomic E-state index is 12.5. The summed E-state index contributed by atoms with van der Waals surface area (Å²) in [5.74, 6) is 0.281. The molecule has 1 N–H and O–H groups in total. The molecular formula is C19H29NO3. The maximum Gasteiger partial charge on any atom is 0.410 e. The summed E-state index contributed by atoms with van der Waals surface area (Å²) in [5, 5.41) is 9.85. The Morgan fingerprint density at radius 1 is 1.35 bits per heavy atom. The minimum Gasteiger partial charge on any atom is -0.508 e. The van der Waals surface area contributed by atoms with Crippen LogP contribution in [0.2, 0.25) is 0 Å². The smallest absolute Gasteiger partial charge is 0.410 e. The predicted molar refractivity (Wildman–Crippen MR) is 91.7 cm³/mol. The number of rotatable bonds is 2. The molecule has 4 heteroatoms. The molecule has 2 rings (SSSR count). The second-order valence-electron chi connectivity index (χ2n) is 7.54. The lowest BCUT2D eigenvalue weighted by Crippen LogP contribution is -2.44. The highest BCUT2D eigenvalue weighted by Gasteiger charge is 2.37. The molecule has 128 valence electrons. The van der Waals surface area contributed by atoms with E-state index in [1.54, 1.807) is 6.07 Å². The zero-order chi connectivity index (χ0) is 17.1. The minimum absolute atomic E-state index is 0.119. The Bertz CT molecular complexity index is 550. The number of hydrogen-bond donors (Lipinski definition) is 1. The average molecular weight is 319 g/mol. The summed E-state index contributed by atoms with van der Waals surface area (Å²) in [7, 11) is 0. The molecule has 0 saturated carbocycles. The van der Waals surface area contributed by atoms with Gasteiger partial charge in [0.1, 0.15) is 11.4 Å². The molecule has 0 spiro atoms. The second-order valence-corrected chi connectivity index (χ2v) is 7.54. The molecule has 0 aliphatic carbocycles. The molecule has 1 fully saturated rings. The molecule has 1 heterocycles. The number of amides is 1. The van der Waals surface area contributed by atoms with Crippen molar-refractivity contribution < 1.29 is 14.6 Å². The first kappa shape index (κ1) is 17.6. The van der Waals surface area contributed by atoms with Gasteiger partial charge >= 0.3 is 6.09 Å². The van der Waals surface area contributed by atoms with Gasteiger partial charge in [-0.05, 0) is 57.7 Å². The largest absolute Gasteiger partial charge is 0.508 e. The fourth-order valence-corrected chi connectivity index (χ4v) is 3.34. The molecule has 1 aliphatic heterocycles. The van der Waals surface area contributed by atoms with E-state index in [-0.39, 0.29) is 17.3 Å². The Morgan fingerprint density at radius 3 is 2.70 bits per heavy atom. The lowest BCUT2D eigenvalue weighted by molar-refractivity contribution is 0.0218. The van der Waals surface area contributed by atoms with Crippen molar-refractivity contribution in [1.82, 2.24) is 4.90 Å². The van der Waals surface area contributed by atoms with E-state index < -0.39 is 5.60 Å². The van der Waals surface area contributed by atoms with Gasteiger partial charge in [-0.3, -0.25) is 0 Å². The van der Waals surface area contributed by atoms with Gasteiger partial charge in [0, 0.05) is 18.5 Å². The normalized spacial score (nSPS) is 22.5. The van der Waals surface area contributed by atoms with Crippen LogP contribution in [0.25, 0.3) is 0 Å². The standard InChI is InChI=1S/C19H29NO3/c1-5-19(15-9-8-10-16(21)13-15)11-6-7-12-20(14-19)17(22)23-18(2,3)4/h8-10,13,21H,5-7,11-12,14H2,1-4H3. The second kappa shape index (κ2) is 6.81. The summed E-state index contributed by atoms with van der Waals surface area (Å²) >= 11 is 0. The number of phenols is 1. The zero-order valence-electron chi connectivity index (χ0n) is 14.8. The molecule has 1 aromatic rings. The molecule has 1 amide bonds. The Balaban J connectivity index is 2.27. The van der Waals surface area contributed by atoms with Gasteiger partial charge in [0.25, 0.3) is 0 Å². The summed E-state index contributed by atoms with van der Waals surface area (Å²) in [4.78, 5) is 14.4. The Kier molecular flexibility index (Phi) is 5.23. The van der Waals surface area contributed by atoms with Gasteiger partial charge in [-0.1, -0.05) is 25.5 Å². The number of phenolic OH excluding ortho intramolecular Hbond substituents is 1. The van der Waals surface area contributed by atoms with Crippen molar-refractivity contribution >= 4 is 6.09 Å². The summed E-state index contributed by atoms with van der Waals surface area (Å²) in [6, 6.07) is 7.46. The molecule has 0 radical (unpaired) electrons. The summed E-state index contributed by atoms with van der Waals surface area (Å²) in [6.07, 6.45) is 3.77. The monoisotopic (exact) mass is 319 g/mol. The van der Waals surface area contributed by atoms with Crippen LogP contribution in [0.5, 0.6) is 5.75 Å². The molecule has 1 saturated heterocycles. The van der Waals surface area contributed by atoms with Crippen LogP contribution < -0.4 is 0 Å². The highest BCUT2D eigenvalue weighted by molar-refractivity contribution is 5.68. The number of hydrogen-bond acceptors (Lipinski definition) is 3. The van der Waals surface area contributed by atoms with Gasteiger partial charge < -0.3 is 14.7 Å². The zero-order valence-corrected chi connectivity index (χ0v) is 14.8. The van der Waals surface area contributed by atoms with Crippen LogP contribution in [0.4, 0.5) is 4.79 Å².